The number of halogens is 3. The molecule has 0 saturated heterocycles. The lowest BCUT2D eigenvalue weighted by Gasteiger charge is -2.13. The summed E-state index contributed by atoms with van der Waals surface area (Å²) in [6, 6.07) is 2.46. The summed E-state index contributed by atoms with van der Waals surface area (Å²) in [6.45, 7) is 1.43. The van der Waals surface area contributed by atoms with E-state index in [1.54, 1.807) is 0 Å². The molecule has 0 bridgehead atoms. The van der Waals surface area contributed by atoms with Gasteiger partial charge in [-0.25, -0.2) is 13.2 Å². The summed E-state index contributed by atoms with van der Waals surface area (Å²) < 4.78 is 38.2. The summed E-state index contributed by atoms with van der Waals surface area (Å²) in [5.41, 5.74) is -0.947. The Hall–Kier alpha value is -1.03. The van der Waals surface area contributed by atoms with Crippen molar-refractivity contribution in [3.8, 4) is 0 Å². The van der Waals surface area contributed by atoms with Gasteiger partial charge in [-0.1, -0.05) is 6.07 Å². The zero-order valence-electron chi connectivity index (χ0n) is 8.23. The minimum Gasteiger partial charge on any atom is -0.385 e. The molecular weight excluding hydrogens is 205 g/mol. The van der Waals surface area contributed by atoms with Gasteiger partial charge in [-0.2, -0.15) is 0 Å². The standard InChI is InChI=1S/C11H11F3O/c1-6-4-7(11(15)2-3-11)5-8(12)9(6)10(13)14/h4-5,10,15H,2-3H2,1H3. The maximum Gasteiger partial charge on any atom is 0.266 e. The van der Waals surface area contributed by atoms with E-state index in [2.05, 4.69) is 0 Å². The highest BCUT2D eigenvalue weighted by molar-refractivity contribution is 5.38. The van der Waals surface area contributed by atoms with Crippen molar-refractivity contribution in [3.63, 3.8) is 0 Å². The molecule has 0 atom stereocenters. The van der Waals surface area contributed by atoms with Crippen LogP contribution in [0.3, 0.4) is 0 Å². The first-order valence-electron chi connectivity index (χ1n) is 4.75. The normalized spacial score (nSPS) is 18.3. The number of aliphatic hydroxyl groups is 1. The van der Waals surface area contributed by atoms with Crippen molar-refractivity contribution in [1.82, 2.24) is 0 Å². The topological polar surface area (TPSA) is 20.2 Å². The number of rotatable bonds is 2. The number of hydrogen-bond acceptors (Lipinski definition) is 1. The average molecular weight is 216 g/mol. The summed E-state index contributed by atoms with van der Waals surface area (Å²) in [6.07, 6.45) is -1.67. The lowest BCUT2D eigenvalue weighted by molar-refractivity contribution is 0.141. The third kappa shape index (κ3) is 1.74. The van der Waals surface area contributed by atoms with Gasteiger partial charge in [0, 0.05) is 0 Å². The van der Waals surface area contributed by atoms with Crippen molar-refractivity contribution in [2.45, 2.75) is 31.8 Å². The van der Waals surface area contributed by atoms with Crippen molar-refractivity contribution in [3.05, 3.63) is 34.6 Å². The highest BCUT2D eigenvalue weighted by Crippen LogP contribution is 2.46. The minimum atomic E-state index is -2.81. The monoisotopic (exact) mass is 216 g/mol. The summed E-state index contributed by atoms with van der Waals surface area (Å²) in [5, 5.41) is 9.72. The molecule has 1 aromatic carbocycles. The largest absolute Gasteiger partial charge is 0.385 e. The van der Waals surface area contributed by atoms with E-state index in [1.807, 2.05) is 0 Å². The van der Waals surface area contributed by atoms with E-state index >= 15 is 0 Å². The molecule has 2 rings (SSSR count). The molecule has 0 heterocycles. The van der Waals surface area contributed by atoms with Gasteiger partial charge < -0.3 is 5.11 Å². The van der Waals surface area contributed by atoms with Crippen molar-refractivity contribution in [2.24, 2.45) is 0 Å². The molecule has 1 aromatic rings. The third-order valence-electron chi connectivity index (χ3n) is 2.82. The van der Waals surface area contributed by atoms with Crippen molar-refractivity contribution < 1.29 is 18.3 Å². The third-order valence-corrected chi connectivity index (χ3v) is 2.82. The Morgan fingerprint density at radius 3 is 2.33 bits per heavy atom. The molecule has 0 radical (unpaired) electrons. The first-order valence-corrected chi connectivity index (χ1v) is 4.75. The fraction of sp³-hybridized carbons (Fsp3) is 0.455. The molecule has 0 aromatic heterocycles. The van der Waals surface area contributed by atoms with E-state index in [4.69, 9.17) is 0 Å². The molecule has 1 nitrogen and oxygen atoms in total. The summed E-state index contributed by atoms with van der Waals surface area (Å²) in [5.74, 6) is -0.930. The van der Waals surface area contributed by atoms with Crippen LogP contribution in [0.15, 0.2) is 12.1 Å². The second-order valence-corrected chi connectivity index (χ2v) is 4.02. The smallest absolute Gasteiger partial charge is 0.266 e. The first kappa shape index (κ1) is 10.5. The Morgan fingerprint density at radius 1 is 1.33 bits per heavy atom. The molecule has 1 saturated carbocycles. The highest BCUT2D eigenvalue weighted by Gasteiger charge is 2.42. The van der Waals surface area contributed by atoms with E-state index in [0.717, 1.165) is 6.07 Å². The number of aryl methyl sites for hydroxylation is 1. The molecule has 0 unspecified atom stereocenters. The van der Waals surface area contributed by atoms with Crippen molar-refractivity contribution >= 4 is 0 Å². The quantitative estimate of drug-likeness (QED) is 0.805. The molecule has 1 fully saturated rings. The van der Waals surface area contributed by atoms with Gasteiger partial charge >= 0.3 is 0 Å². The van der Waals surface area contributed by atoms with E-state index in [1.165, 1.54) is 13.0 Å². The van der Waals surface area contributed by atoms with E-state index in [0.29, 0.717) is 18.4 Å². The SMILES string of the molecule is Cc1cc(C2(O)CC2)cc(F)c1C(F)F. The molecule has 0 spiro atoms. The van der Waals surface area contributed by atoms with Gasteiger partial charge in [0.25, 0.3) is 6.43 Å². The van der Waals surface area contributed by atoms with Crippen LogP contribution in [0, 0.1) is 12.7 Å². The van der Waals surface area contributed by atoms with Crippen LogP contribution >= 0.6 is 0 Å². The second kappa shape index (κ2) is 3.23. The molecule has 1 aliphatic rings. The van der Waals surface area contributed by atoms with Crippen LogP contribution in [0.5, 0.6) is 0 Å². The molecule has 0 aliphatic heterocycles. The van der Waals surface area contributed by atoms with Crippen molar-refractivity contribution in [2.75, 3.05) is 0 Å². The predicted octanol–water partition coefficient (Wildman–Crippen LogP) is 3.05. The van der Waals surface area contributed by atoms with Gasteiger partial charge in [-0.15, -0.1) is 0 Å². The number of alkyl halides is 2. The molecule has 1 N–H and O–H groups in total. The zero-order chi connectivity index (χ0) is 11.2. The van der Waals surface area contributed by atoms with Gasteiger partial charge in [-0.3, -0.25) is 0 Å². The van der Waals surface area contributed by atoms with Gasteiger partial charge in [0.05, 0.1) is 11.2 Å². The van der Waals surface area contributed by atoms with Crippen LogP contribution in [0.2, 0.25) is 0 Å². The van der Waals surface area contributed by atoms with Crippen LogP contribution in [-0.4, -0.2) is 5.11 Å². The Kier molecular flexibility index (Phi) is 2.26. The molecule has 1 aliphatic carbocycles. The predicted molar refractivity (Wildman–Crippen MR) is 49.2 cm³/mol. The fourth-order valence-electron chi connectivity index (χ4n) is 1.71. The lowest BCUT2D eigenvalue weighted by atomic mass is 10.00. The molecule has 4 heteroatoms. The van der Waals surface area contributed by atoms with Crippen LogP contribution in [0.1, 0.15) is 36.0 Å². The maximum atomic E-state index is 13.3. The lowest BCUT2D eigenvalue weighted by Crippen LogP contribution is -2.07. The zero-order valence-corrected chi connectivity index (χ0v) is 8.23. The van der Waals surface area contributed by atoms with Crippen LogP contribution in [0.4, 0.5) is 13.2 Å². The highest BCUT2D eigenvalue weighted by atomic mass is 19.3. The van der Waals surface area contributed by atoms with Crippen LogP contribution in [-0.2, 0) is 5.60 Å². The van der Waals surface area contributed by atoms with Gasteiger partial charge in [0.15, 0.2) is 0 Å². The molecule has 15 heavy (non-hydrogen) atoms. The summed E-state index contributed by atoms with van der Waals surface area (Å²) >= 11 is 0. The van der Waals surface area contributed by atoms with Gasteiger partial charge in [-0.05, 0) is 37.0 Å². The molecule has 0 amide bonds. The molecule has 82 valence electrons. The second-order valence-electron chi connectivity index (χ2n) is 4.02. The first-order chi connectivity index (χ1) is 6.94. The Labute approximate surface area is 85.5 Å². The summed E-state index contributed by atoms with van der Waals surface area (Å²) in [4.78, 5) is 0. The van der Waals surface area contributed by atoms with E-state index in [-0.39, 0.29) is 5.56 Å². The molecular formula is C11H11F3O. The Balaban J connectivity index is 2.48. The maximum absolute atomic E-state index is 13.3. The van der Waals surface area contributed by atoms with E-state index in [9.17, 15) is 18.3 Å². The van der Waals surface area contributed by atoms with Crippen LogP contribution < -0.4 is 0 Å². The Bertz CT molecular complexity index is 374. The van der Waals surface area contributed by atoms with Gasteiger partial charge in [0.2, 0.25) is 0 Å². The number of hydrogen-bond donors (Lipinski definition) is 1. The van der Waals surface area contributed by atoms with Crippen LogP contribution in [0.25, 0.3) is 0 Å². The van der Waals surface area contributed by atoms with E-state index < -0.39 is 23.4 Å². The summed E-state index contributed by atoms with van der Waals surface area (Å²) in [7, 11) is 0. The van der Waals surface area contributed by atoms with Gasteiger partial charge in [0.1, 0.15) is 5.82 Å². The average Bonchev–Trinajstić information content (AvgIpc) is 2.82. The fourth-order valence-corrected chi connectivity index (χ4v) is 1.71. The Morgan fingerprint density at radius 2 is 1.93 bits per heavy atom. The minimum absolute atomic E-state index is 0.195. The number of benzene rings is 1. The van der Waals surface area contributed by atoms with Crippen molar-refractivity contribution in [1.29, 1.82) is 0 Å².